The SMILES string of the molecule is CCn1c(C)cc(CNCC(O)C2CC2)c1C. The molecule has 2 rings (SSSR count). The summed E-state index contributed by atoms with van der Waals surface area (Å²) in [5.41, 5.74) is 4.02. The van der Waals surface area contributed by atoms with E-state index in [1.807, 2.05) is 0 Å². The van der Waals surface area contributed by atoms with Crippen LogP contribution in [0.2, 0.25) is 0 Å². The van der Waals surface area contributed by atoms with Gasteiger partial charge in [0, 0.05) is 31.0 Å². The summed E-state index contributed by atoms with van der Waals surface area (Å²) in [6, 6.07) is 2.25. The lowest BCUT2D eigenvalue weighted by Crippen LogP contribution is -2.27. The molecule has 3 heteroatoms. The van der Waals surface area contributed by atoms with E-state index in [0.29, 0.717) is 5.92 Å². The highest BCUT2D eigenvalue weighted by atomic mass is 16.3. The van der Waals surface area contributed by atoms with Crippen LogP contribution >= 0.6 is 0 Å². The van der Waals surface area contributed by atoms with Crippen molar-refractivity contribution in [3.8, 4) is 0 Å². The second kappa shape index (κ2) is 5.23. The van der Waals surface area contributed by atoms with E-state index < -0.39 is 0 Å². The smallest absolute Gasteiger partial charge is 0.0692 e. The Kier molecular flexibility index (Phi) is 3.89. The van der Waals surface area contributed by atoms with E-state index in [0.717, 1.165) is 19.6 Å². The first-order chi connectivity index (χ1) is 8.13. The molecule has 0 aliphatic heterocycles. The van der Waals surface area contributed by atoms with E-state index in [4.69, 9.17) is 0 Å². The summed E-state index contributed by atoms with van der Waals surface area (Å²) in [6.07, 6.45) is 2.25. The molecule has 0 aromatic carbocycles. The zero-order valence-electron chi connectivity index (χ0n) is 11.2. The molecule has 1 aliphatic carbocycles. The molecule has 1 fully saturated rings. The van der Waals surface area contributed by atoms with Crippen LogP contribution in [0.4, 0.5) is 0 Å². The number of aliphatic hydroxyl groups is 1. The number of aromatic nitrogens is 1. The predicted octanol–water partition coefficient (Wildman–Crippen LogP) is 1.99. The van der Waals surface area contributed by atoms with Gasteiger partial charge < -0.3 is 15.0 Å². The van der Waals surface area contributed by atoms with E-state index in [1.54, 1.807) is 0 Å². The van der Waals surface area contributed by atoms with Crippen LogP contribution in [0.3, 0.4) is 0 Å². The Morgan fingerprint density at radius 2 is 2.18 bits per heavy atom. The van der Waals surface area contributed by atoms with Crippen molar-refractivity contribution in [1.82, 2.24) is 9.88 Å². The fraction of sp³-hybridized carbons (Fsp3) is 0.714. The van der Waals surface area contributed by atoms with Crippen LogP contribution < -0.4 is 5.32 Å². The van der Waals surface area contributed by atoms with E-state index in [2.05, 4.69) is 36.7 Å². The summed E-state index contributed by atoms with van der Waals surface area (Å²) >= 11 is 0. The van der Waals surface area contributed by atoms with Crippen LogP contribution in [-0.2, 0) is 13.1 Å². The highest BCUT2D eigenvalue weighted by Crippen LogP contribution is 2.32. The Morgan fingerprint density at radius 3 is 2.71 bits per heavy atom. The molecule has 0 bridgehead atoms. The lowest BCUT2D eigenvalue weighted by molar-refractivity contribution is 0.148. The molecule has 96 valence electrons. The number of hydrogen-bond acceptors (Lipinski definition) is 2. The molecular formula is C14H24N2O. The quantitative estimate of drug-likeness (QED) is 0.792. The normalized spacial score (nSPS) is 17.4. The van der Waals surface area contributed by atoms with Gasteiger partial charge in [0.25, 0.3) is 0 Å². The summed E-state index contributed by atoms with van der Waals surface area (Å²) < 4.78 is 2.33. The molecular weight excluding hydrogens is 212 g/mol. The third-order valence-electron chi connectivity index (χ3n) is 3.83. The van der Waals surface area contributed by atoms with Gasteiger partial charge in [-0.05, 0) is 51.2 Å². The standard InChI is InChI=1S/C14H24N2O/c1-4-16-10(2)7-13(11(16)3)8-15-9-14(17)12-5-6-12/h7,12,14-15,17H,4-6,8-9H2,1-3H3. The van der Waals surface area contributed by atoms with Gasteiger partial charge in [-0.2, -0.15) is 0 Å². The van der Waals surface area contributed by atoms with E-state index in [9.17, 15) is 5.11 Å². The third kappa shape index (κ3) is 2.90. The van der Waals surface area contributed by atoms with Crippen molar-refractivity contribution in [2.24, 2.45) is 5.92 Å². The highest BCUT2D eigenvalue weighted by molar-refractivity contribution is 5.26. The molecule has 0 spiro atoms. The largest absolute Gasteiger partial charge is 0.392 e. The fourth-order valence-electron chi connectivity index (χ4n) is 2.54. The first-order valence-electron chi connectivity index (χ1n) is 6.67. The fourth-order valence-corrected chi connectivity index (χ4v) is 2.54. The molecule has 0 amide bonds. The minimum atomic E-state index is -0.148. The van der Waals surface area contributed by atoms with E-state index in [-0.39, 0.29) is 6.10 Å². The molecule has 0 saturated heterocycles. The van der Waals surface area contributed by atoms with Gasteiger partial charge in [-0.1, -0.05) is 0 Å². The lowest BCUT2D eigenvalue weighted by Gasteiger charge is -2.11. The summed E-state index contributed by atoms with van der Waals surface area (Å²) in [4.78, 5) is 0. The predicted molar refractivity (Wildman–Crippen MR) is 70.0 cm³/mol. The third-order valence-corrected chi connectivity index (χ3v) is 3.83. The van der Waals surface area contributed by atoms with Gasteiger partial charge >= 0.3 is 0 Å². The summed E-state index contributed by atoms with van der Waals surface area (Å²) in [5, 5.41) is 13.1. The molecule has 2 N–H and O–H groups in total. The van der Waals surface area contributed by atoms with Crippen LogP contribution in [0.5, 0.6) is 0 Å². The Balaban J connectivity index is 1.85. The lowest BCUT2D eigenvalue weighted by atomic mass is 10.2. The monoisotopic (exact) mass is 236 g/mol. The minimum absolute atomic E-state index is 0.148. The van der Waals surface area contributed by atoms with Crippen molar-refractivity contribution >= 4 is 0 Å². The molecule has 1 unspecified atom stereocenters. The molecule has 1 heterocycles. The maximum absolute atomic E-state index is 9.77. The van der Waals surface area contributed by atoms with Gasteiger partial charge in [0.2, 0.25) is 0 Å². The average molecular weight is 236 g/mol. The van der Waals surface area contributed by atoms with Crippen LogP contribution in [0.1, 0.15) is 36.7 Å². The maximum atomic E-state index is 9.77. The summed E-state index contributed by atoms with van der Waals surface area (Å²) in [6.45, 7) is 9.12. The second-order valence-corrected chi connectivity index (χ2v) is 5.18. The number of hydrogen-bond donors (Lipinski definition) is 2. The van der Waals surface area contributed by atoms with Crippen LogP contribution in [-0.4, -0.2) is 22.3 Å². The number of nitrogens with zero attached hydrogens (tertiary/aromatic N) is 1. The van der Waals surface area contributed by atoms with Crippen molar-refractivity contribution in [2.45, 2.75) is 52.8 Å². The van der Waals surface area contributed by atoms with Crippen molar-refractivity contribution < 1.29 is 5.11 Å². The molecule has 3 nitrogen and oxygen atoms in total. The molecule has 1 aromatic heterocycles. The Morgan fingerprint density at radius 1 is 1.47 bits per heavy atom. The van der Waals surface area contributed by atoms with Gasteiger partial charge in [0.15, 0.2) is 0 Å². The Labute approximate surface area is 104 Å². The molecule has 1 aliphatic rings. The zero-order chi connectivity index (χ0) is 12.4. The number of aryl methyl sites for hydroxylation is 1. The minimum Gasteiger partial charge on any atom is -0.392 e. The maximum Gasteiger partial charge on any atom is 0.0692 e. The number of aliphatic hydroxyl groups excluding tert-OH is 1. The van der Waals surface area contributed by atoms with E-state index >= 15 is 0 Å². The van der Waals surface area contributed by atoms with Crippen molar-refractivity contribution in [2.75, 3.05) is 6.54 Å². The number of rotatable bonds is 6. The Bertz CT molecular complexity index is 380. The first kappa shape index (κ1) is 12.7. The molecule has 17 heavy (non-hydrogen) atoms. The average Bonchev–Trinajstić information content (AvgIpc) is 3.08. The van der Waals surface area contributed by atoms with Gasteiger partial charge in [0.1, 0.15) is 0 Å². The zero-order valence-corrected chi connectivity index (χ0v) is 11.2. The van der Waals surface area contributed by atoms with Crippen molar-refractivity contribution in [3.63, 3.8) is 0 Å². The van der Waals surface area contributed by atoms with Crippen molar-refractivity contribution in [3.05, 3.63) is 23.0 Å². The van der Waals surface area contributed by atoms with Gasteiger partial charge in [-0.3, -0.25) is 0 Å². The number of nitrogens with one attached hydrogen (secondary N) is 1. The van der Waals surface area contributed by atoms with Crippen LogP contribution in [0, 0.1) is 19.8 Å². The Hall–Kier alpha value is -0.800. The van der Waals surface area contributed by atoms with Crippen molar-refractivity contribution in [1.29, 1.82) is 0 Å². The van der Waals surface area contributed by atoms with Gasteiger partial charge in [-0.15, -0.1) is 0 Å². The molecule has 0 radical (unpaired) electrons. The summed E-state index contributed by atoms with van der Waals surface area (Å²) in [5.74, 6) is 0.561. The van der Waals surface area contributed by atoms with Gasteiger partial charge in [0.05, 0.1) is 6.10 Å². The molecule has 1 atom stereocenters. The molecule has 1 aromatic rings. The highest BCUT2D eigenvalue weighted by Gasteiger charge is 2.29. The van der Waals surface area contributed by atoms with Crippen LogP contribution in [0.15, 0.2) is 6.07 Å². The topological polar surface area (TPSA) is 37.2 Å². The second-order valence-electron chi connectivity index (χ2n) is 5.18. The van der Waals surface area contributed by atoms with Crippen LogP contribution in [0.25, 0.3) is 0 Å². The first-order valence-corrected chi connectivity index (χ1v) is 6.67. The van der Waals surface area contributed by atoms with Gasteiger partial charge in [-0.25, -0.2) is 0 Å². The summed E-state index contributed by atoms with van der Waals surface area (Å²) in [7, 11) is 0. The molecule has 1 saturated carbocycles. The van der Waals surface area contributed by atoms with E-state index in [1.165, 1.54) is 29.8 Å².